The van der Waals surface area contributed by atoms with E-state index in [1.807, 2.05) is 0 Å². The van der Waals surface area contributed by atoms with Crippen molar-refractivity contribution in [2.24, 2.45) is 0 Å². The van der Waals surface area contributed by atoms with Crippen LogP contribution in [0.3, 0.4) is 0 Å². The topological polar surface area (TPSA) is 0 Å². The van der Waals surface area contributed by atoms with Gasteiger partial charge in [0.25, 0.3) is 0 Å². The molecule has 14 heavy (non-hydrogen) atoms. The summed E-state index contributed by atoms with van der Waals surface area (Å²) in [5.41, 5.74) is 2.78. The maximum absolute atomic E-state index is 2.22. The zero-order chi connectivity index (χ0) is 9.71. The molecule has 0 nitrogen and oxygen atoms in total. The highest BCUT2D eigenvalue weighted by molar-refractivity contribution is 5.36. The lowest BCUT2D eigenvalue weighted by Crippen LogP contribution is -1.95. The molecule has 3 rings (SSSR count). The van der Waals surface area contributed by atoms with Crippen molar-refractivity contribution in [2.75, 3.05) is 0 Å². The Morgan fingerprint density at radius 2 is 1.07 bits per heavy atom. The third-order valence-corrected chi connectivity index (χ3v) is 3.08. The monoisotopic (exact) mass is 180 g/mol. The predicted molar refractivity (Wildman–Crippen MR) is 57.7 cm³/mol. The second kappa shape index (κ2) is 2.48. The van der Waals surface area contributed by atoms with Crippen LogP contribution < -0.4 is 0 Å². The van der Waals surface area contributed by atoms with E-state index in [9.17, 15) is 0 Å². The first kappa shape index (κ1) is 7.81. The van der Waals surface area contributed by atoms with Crippen molar-refractivity contribution >= 4 is 0 Å². The molecule has 0 heterocycles. The number of benzene rings is 2. The maximum Gasteiger partial charge on any atom is -0.00695 e. The van der Waals surface area contributed by atoms with Crippen LogP contribution in [0.5, 0.6) is 0 Å². The molecule has 0 fully saturated rings. The smallest absolute Gasteiger partial charge is 0.00695 e. The van der Waals surface area contributed by atoms with Crippen molar-refractivity contribution in [2.45, 2.75) is 13.8 Å². The summed E-state index contributed by atoms with van der Waals surface area (Å²) in [5, 5.41) is 5.76. The van der Waals surface area contributed by atoms with Crippen LogP contribution >= 0.6 is 0 Å². The van der Waals surface area contributed by atoms with E-state index < -0.39 is 0 Å². The van der Waals surface area contributed by atoms with Gasteiger partial charge in [-0.3, -0.25) is 0 Å². The Hall–Kier alpha value is -1.56. The van der Waals surface area contributed by atoms with Gasteiger partial charge in [0.1, 0.15) is 0 Å². The van der Waals surface area contributed by atoms with Crippen molar-refractivity contribution in [3.63, 3.8) is 0 Å². The maximum atomic E-state index is 2.22. The van der Waals surface area contributed by atoms with Gasteiger partial charge in [0.05, 0.1) is 0 Å². The number of aryl methyl sites for hydroxylation is 2. The van der Waals surface area contributed by atoms with Crippen molar-refractivity contribution in [1.82, 2.24) is 0 Å². The first-order valence-electron chi connectivity index (χ1n) is 4.99. The summed E-state index contributed by atoms with van der Waals surface area (Å²) in [5.74, 6) is 0. The molecule has 0 N–H and O–H groups in total. The van der Waals surface area contributed by atoms with Gasteiger partial charge >= 0.3 is 0 Å². The molecule has 0 amide bonds. The normalized spacial score (nSPS) is 11.6. The number of hydrogen-bond donors (Lipinski definition) is 0. The third-order valence-electron chi connectivity index (χ3n) is 3.08. The fourth-order valence-corrected chi connectivity index (χ4v) is 2.40. The van der Waals surface area contributed by atoms with Gasteiger partial charge in [-0.2, -0.15) is 0 Å². The molecule has 0 aliphatic heterocycles. The van der Waals surface area contributed by atoms with Gasteiger partial charge in [-0.25, -0.2) is 0 Å². The lowest BCUT2D eigenvalue weighted by molar-refractivity contribution is 1.20. The van der Waals surface area contributed by atoms with Crippen molar-refractivity contribution in [3.05, 3.63) is 68.4 Å². The summed E-state index contributed by atoms with van der Waals surface area (Å²) in [6, 6.07) is 13.1. The van der Waals surface area contributed by atoms with Crippen LogP contribution in [0.25, 0.3) is 0 Å². The Labute approximate surface area is 82.8 Å². The van der Waals surface area contributed by atoms with Gasteiger partial charge in [-0.15, -0.1) is 0 Å². The standard InChI is InChI=1S/C14H12/c1-9-5-3-7-11-13(9)12-8-4-6-10(2)14(11)12/h3-8H,1-2H3. The molecule has 0 bridgehead atoms. The molecule has 0 saturated carbocycles. The molecular formula is C14H12. The average Bonchev–Trinajstić information content (AvgIpc) is 2.13. The Balaban J connectivity index is 2.72. The van der Waals surface area contributed by atoms with E-state index >= 15 is 0 Å². The highest BCUT2D eigenvalue weighted by Gasteiger charge is 2.04. The van der Waals surface area contributed by atoms with Gasteiger partial charge < -0.3 is 0 Å². The van der Waals surface area contributed by atoms with Gasteiger partial charge in [0.2, 0.25) is 0 Å². The summed E-state index contributed by atoms with van der Waals surface area (Å²) in [6.45, 7) is 4.37. The van der Waals surface area contributed by atoms with Crippen LogP contribution in [0.1, 0.15) is 11.1 Å². The molecule has 0 radical (unpaired) electrons. The van der Waals surface area contributed by atoms with E-state index in [0.717, 1.165) is 0 Å². The number of fused-ring (bicyclic) bond motifs is 2. The number of rotatable bonds is 0. The SMILES string of the molecule is Cc1cccc2c1=c1cccc(C)c1=2. The number of hydrogen-bond acceptors (Lipinski definition) is 0. The molecule has 1 aliphatic rings. The summed E-state index contributed by atoms with van der Waals surface area (Å²) < 4.78 is 0. The Morgan fingerprint density at radius 3 is 1.50 bits per heavy atom. The minimum atomic E-state index is 1.39. The molecule has 68 valence electrons. The second-order valence-corrected chi connectivity index (χ2v) is 3.99. The lowest BCUT2D eigenvalue weighted by atomic mass is 9.95. The van der Waals surface area contributed by atoms with Crippen LogP contribution in [0.4, 0.5) is 0 Å². The van der Waals surface area contributed by atoms with E-state index in [-0.39, 0.29) is 0 Å². The molecule has 0 unspecified atom stereocenters. The molecule has 1 aliphatic carbocycles. The second-order valence-electron chi connectivity index (χ2n) is 3.99. The quantitative estimate of drug-likeness (QED) is 0.498. The summed E-state index contributed by atoms with van der Waals surface area (Å²) in [4.78, 5) is 0. The van der Waals surface area contributed by atoms with Gasteiger partial charge in [0.15, 0.2) is 0 Å². The fourth-order valence-electron chi connectivity index (χ4n) is 2.40. The lowest BCUT2D eigenvalue weighted by Gasteiger charge is -2.08. The van der Waals surface area contributed by atoms with Crippen LogP contribution in [-0.2, 0) is 0 Å². The van der Waals surface area contributed by atoms with Crippen LogP contribution in [0.15, 0.2) is 36.4 Å². The first-order chi connectivity index (χ1) is 6.79. The van der Waals surface area contributed by atoms with E-state index in [0.29, 0.717) is 0 Å². The highest BCUT2D eigenvalue weighted by Crippen LogP contribution is 2.18. The van der Waals surface area contributed by atoms with Crippen LogP contribution in [-0.4, -0.2) is 0 Å². The average molecular weight is 180 g/mol. The summed E-state index contributed by atoms with van der Waals surface area (Å²) >= 11 is 0. The van der Waals surface area contributed by atoms with Crippen molar-refractivity contribution in [1.29, 1.82) is 0 Å². The van der Waals surface area contributed by atoms with Crippen molar-refractivity contribution in [3.8, 4) is 0 Å². The molecule has 2 aromatic carbocycles. The summed E-state index contributed by atoms with van der Waals surface area (Å²) in [7, 11) is 0. The Morgan fingerprint density at radius 1 is 0.643 bits per heavy atom. The molecule has 0 atom stereocenters. The Kier molecular flexibility index (Phi) is 1.38. The van der Waals surface area contributed by atoms with Gasteiger partial charge in [0, 0.05) is 0 Å². The summed E-state index contributed by atoms with van der Waals surface area (Å²) in [6.07, 6.45) is 0. The van der Waals surface area contributed by atoms with E-state index in [1.54, 1.807) is 0 Å². The van der Waals surface area contributed by atoms with Gasteiger partial charge in [-0.1, -0.05) is 36.4 Å². The van der Waals surface area contributed by atoms with Gasteiger partial charge in [-0.05, 0) is 45.8 Å². The van der Waals surface area contributed by atoms with E-state index in [1.165, 1.54) is 32.0 Å². The molecule has 0 aromatic heterocycles. The first-order valence-corrected chi connectivity index (χ1v) is 4.99. The van der Waals surface area contributed by atoms with E-state index in [2.05, 4.69) is 50.2 Å². The highest BCUT2D eigenvalue weighted by atomic mass is 14.1. The minimum absolute atomic E-state index is 1.39. The zero-order valence-corrected chi connectivity index (χ0v) is 8.46. The molecule has 0 spiro atoms. The van der Waals surface area contributed by atoms with E-state index in [4.69, 9.17) is 0 Å². The largest absolute Gasteiger partial charge is 0.0613 e. The van der Waals surface area contributed by atoms with Crippen LogP contribution in [0.2, 0.25) is 0 Å². The Bertz CT molecular complexity index is 607. The fraction of sp³-hybridized carbons (Fsp3) is 0.143. The third kappa shape index (κ3) is 0.784. The molecule has 2 aromatic rings. The zero-order valence-electron chi connectivity index (χ0n) is 8.46. The van der Waals surface area contributed by atoms with Crippen molar-refractivity contribution < 1.29 is 0 Å². The molecule has 0 heteroatoms. The molecule has 0 saturated heterocycles. The minimum Gasteiger partial charge on any atom is -0.0613 e. The molecular weight excluding hydrogens is 168 g/mol. The van der Waals surface area contributed by atoms with Crippen LogP contribution in [0, 0.1) is 34.7 Å². The predicted octanol–water partition coefficient (Wildman–Crippen LogP) is 3.19.